The predicted octanol–water partition coefficient (Wildman–Crippen LogP) is 0.338. The number of amides is 1. The lowest BCUT2D eigenvalue weighted by atomic mass is 10.1. The molecule has 2 rings (SSSR count). The first kappa shape index (κ1) is 11.3. The molecular weight excluding hydrogens is 220 g/mol. The Hall–Kier alpha value is -2.18. The fourth-order valence-corrected chi connectivity index (χ4v) is 1.60. The zero-order valence-electron chi connectivity index (χ0n) is 9.93. The fraction of sp³-hybridized carbons (Fsp3) is 0.400. The van der Waals surface area contributed by atoms with E-state index in [0.29, 0.717) is 0 Å². The quantitative estimate of drug-likeness (QED) is 0.801. The molecular formula is C10H14N6O. The van der Waals surface area contributed by atoms with E-state index >= 15 is 0 Å². The van der Waals surface area contributed by atoms with Crippen molar-refractivity contribution in [3.05, 3.63) is 29.6 Å². The van der Waals surface area contributed by atoms with Crippen LogP contribution in [0.3, 0.4) is 0 Å². The molecule has 0 radical (unpaired) electrons. The molecule has 2 aromatic heterocycles. The van der Waals surface area contributed by atoms with Gasteiger partial charge in [0.05, 0.1) is 12.2 Å². The van der Waals surface area contributed by atoms with Gasteiger partial charge in [0.15, 0.2) is 0 Å². The minimum absolute atomic E-state index is 0.124. The van der Waals surface area contributed by atoms with Gasteiger partial charge in [0, 0.05) is 18.3 Å². The normalized spacial score (nSPS) is 12.4. The number of rotatable bonds is 3. The van der Waals surface area contributed by atoms with Crippen LogP contribution in [0.1, 0.15) is 34.8 Å². The van der Waals surface area contributed by atoms with E-state index < -0.39 is 0 Å². The van der Waals surface area contributed by atoms with Crippen LogP contribution >= 0.6 is 0 Å². The van der Waals surface area contributed by atoms with E-state index in [4.69, 9.17) is 0 Å². The van der Waals surface area contributed by atoms with Crippen molar-refractivity contribution in [2.45, 2.75) is 19.9 Å². The van der Waals surface area contributed by atoms with E-state index in [1.165, 1.54) is 6.33 Å². The van der Waals surface area contributed by atoms with Gasteiger partial charge < -0.3 is 5.32 Å². The molecule has 7 heteroatoms. The molecule has 0 fully saturated rings. The van der Waals surface area contributed by atoms with Crippen LogP contribution in [-0.4, -0.2) is 30.9 Å². The molecule has 0 saturated carbocycles. The Balaban J connectivity index is 2.10. The third-order valence-corrected chi connectivity index (χ3v) is 2.72. The van der Waals surface area contributed by atoms with Crippen molar-refractivity contribution in [1.82, 2.24) is 30.3 Å². The first-order valence-corrected chi connectivity index (χ1v) is 5.24. The van der Waals surface area contributed by atoms with Gasteiger partial charge in [-0.2, -0.15) is 10.2 Å². The number of nitrogens with one attached hydrogen (secondary N) is 2. The largest absolute Gasteiger partial charge is 0.343 e. The Bertz CT molecular complexity index is 515. The number of nitrogens with zero attached hydrogens (tertiary/aromatic N) is 4. The van der Waals surface area contributed by atoms with Gasteiger partial charge >= 0.3 is 0 Å². The van der Waals surface area contributed by atoms with Crippen LogP contribution in [0.15, 0.2) is 12.5 Å². The number of H-pyrrole nitrogens is 1. The molecule has 2 heterocycles. The molecule has 1 atom stereocenters. The van der Waals surface area contributed by atoms with Crippen molar-refractivity contribution in [3.8, 4) is 0 Å². The van der Waals surface area contributed by atoms with Crippen LogP contribution in [0.25, 0.3) is 0 Å². The average Bonchev–Trinajstić information content (AvgIpc) is 2.90. The minimum Gasteiger partial charge on any atom is -0.343 e. The summed E-state index contributed by atoms with van der Waals surface area (Å²) in [6.45, 7) is 3.86. The zero-order valence-corrected chi connectivity index (χ0v) is 9.93. The van der Waals surface area contributed by atoms with Gasteiger partial charge in [-0.05, 0) is 13.8 Å². The Labute approximate surface area is 98.2 Å². The Morgan fingerprint density at radius 2 is 2.35 bits per heavy atom. The van der Waals surface area contributed by atoms with E-state index in [2.05, 4.69) is 25.6 Å². The molecule has 1 unspecified atom stereocenters. The van der Waals surface area contributed by atoms with Gasteiger partial charge in [0.2, 0.25) is 5.82 Å². The highest BCUT2D eigenvalue weighted by Gasteiger charge is 2.16. The maximum Gasteiger partial charge on any atom is 0.289 e. The molecule has 2 N–H and O–H groups in total. The zero-order chi connectivity index (χ0) is 12.4. The maximum atomic E-state index is 11.7. The van der Waals surface area contributed by atoms with Crippen molar-refractivity contribution in [2.24, 2.45) is 7.05 Å². The van der Waals surface area contributed by atoms with Gasteiger partial charge in [0.1, 0.15) is 6.33 Å². The second-order valence-electron chi connectivity index (χ2n) is 3.84. The fourth-order valence-electron chi connectivity index (χ4n) is 1.60. The highest BCUT2D eigenvalue weighted by atomic mass is 16.2. The topological polar surface area (TPSA) is 88.5 Å². The molecule has 0 aliphatic rings. The first-order valence-electron chi connectivity index (χ1n) is 5.24. The summed E-state index contributed by atoms with van der Waals surface area (Å²) in [5, 5.41) is 13.1. The van der Waals surface area contributed by atoms with Crippen molar-refractivity contribution in [3.63, 3.8) is 0 Å². The van der Waals surface area contributed by atoms with E-state index in [1.807, 2.05) is 20.9 Å². The summed E-state index contributed by atoms with van der Waals surface area (Å²) in [7, 11) is 1.86. The van der Waals surface area contributed by atoms with Crippen LogP contribution in [0.2, 0.25) is 0 Å². The van der Waals surface area contributed by atoms with E-state index in [1.54, 1.807) is 10.9 Å². The Morgan fingerprint density at radius 3 is 2.88 bits per heavy atom. The third kappa shape index (κ3) is 2.17. The second-order valence-corrected chi connectivity index (χ2v) is 3.84. The van der Waals surface area contributed by atoms with Gasteiger partial charge in [-0.25, -0.2) is 4.98 Å². The molecule has 0 spiro atoms. The van der Waals surface area contributed by atoms with E-state index in [0.717, 1.165) is 11.3 Å². The first-order chi connectivity index (χ1) is 8.09. The molecule has 0 bridgehead atoms. The van der Waals surface area contributed by atoms with Crippen LogP contribution in [-0.2, 0) is 7.05 Å². The summed E-state index contributed by atoms with van der Waals surface area (Å²) < 4.78 is 1.77. The minimum atomic E-state index is -0.279. The standard InChI is InChI=1S/C10H14N6O/c1-6(8-4-13-16(3)7(8)2)14-10(17)9-11-5-12-15-9/h4-6H,1-3H3,(H,14,17)(H,11,12,15). The number of aromatic nitrogens is 5. The summed E-state index contributed by atoms with van der Waals surface area (Å²) in [4.78, 5) is 15.5. The molecule has 0 aliphatic carbocycles. The van der Waals surface area contributed by atoms with Gasteiger partial charge in [-0.3, -0.25) is 14.6 Å². The van der Waals surface area contributed by atoms with Crippen molar-refractivity contribution in [2.75, 3.05) is 0 Å². The molecule has 2 aromatic rings. The molecule has 17 heavy (non-hydrogen) atoms. The number of hydrogen-bond donors (Lipinski definition) is 2. The highest BCUT2D eigenvalue weighted by Crippen LogP contribution is 2.15. The van der Waals surface area contributed by atoms with Crippen LogP contribution in [0.4, 0.5) is 0 Å². The molecule has 7 nitrogen and oxygen atoms in total. The Morgan fingerprint density at radius 1 is 1.59 bits per heavy atom. The maximum absolute atomic E-state index is 11.7. The lowest BCUT2D eigenvalue weighted by Gasteiger charge is -2.12. The third-order valence-electron chi connectivity index (χ3n) is 2.72. The van der Waals surface area contributed by atoms with E-state index in [-0.39, 0.29) is 17.8 Å². The number of hydrogen-bond acceptors (Lipinski definition) is 4. The summed E-state index contributed by atoms with van der Waals surface area (Å²) in [6.07, 6.45) is 3.05. The predicted molar refractivity (Wildman–Crippen MR) is 60.2 cm³/mol. The van der Waals surface area contributed by atoms with Gasteiger partial charge in [-0.15, -0.1) is 0 Å². The molecule has 0 saturated heterocycles. The SMILES string of the molecule is Cc1c(C(C)NC(=O)c2ncn[nH]2)cnn1C. The molecule has 0 aromatic carbocycles. The lowest BCUT2D eigenvalue weighted by Crippen LogP contribution is -2.27. The number of aromatic amines is 1. The van der Waals surface area contributed by atoms with Crippen molar-refractivity contribution < 1.29 is 4.79 Å². The van der Waals surface area contributed by atoms with Gasteiger partial charge in [-0.1, -0.05) is 0 Å². The average molecular weight is 234 g/mol. The van der Waals surface area contributed by atoms with Crippen LogP contribution in [0, 0.1) is 6.92 Å². The number of carbonyl (C=O) groups is 1. The Kier molecular flexibility index (Phi) is 2.90. The summed E-state index contributed by atoms with van der Waals surface area (Å²) >= 11 is 0. The number of aryl methyl sites for hydroxylation is 1. The lowest BCUT2D eigenvalue weighted by molar-refractivity contribution is 0.0929. The monoisotopic (exact) mass is 234 g/mol. The second kappa shape index (κ2) is 4.36. The highest BCUT2D eigenvalue weighted by molar-refractivity contribution is 5.90. The van der Waals surface area contributed by atoms with Crippen LogP contribution < -0.4 is 5.32 Å². The van der Waals surface area contributed by atoms with E-state index in [9.17, 15) is 4.79 Å². The summed E-state index contributed by atoms with van der Waals surface area (Å²) in [5.74, 6) is -0.0725. The number of carbonyl (C=O) groups excluding carboxylic acids is 1. The molecule has 90 valence electrons. The summed E-state index contributed by atoms with van der Waals surface area (Å²) in [5.41, 5.74) is 2.01. The van der Waals surface area contributed by atoms with Crippen molar-refractivity contribution >= 4 is 5.91 Å². The smallest absolute Gasteiger partial charge is 0.289 e. The van der Waals surface area contributed by atoms with Crippen molar-refractivity contribution in [1.29, 1.82) is 0 Å². The molecule has 1 amide bonds. The van der Waals surface area contributed by atoms with Crippen LogP contribution in [0.5, 0.6) is 0 Å². The molecule has 0 aliphatic heterocycles. The summed E-state index contributed by atoms with van der Waals surface area (Å²) in [6, 6.07) is -0.124. The van der Waals surface area contributed by atoms with Gasteiger partial charge in [0.25, 0.3) is 5.91 Å².